The largest absolute Gasteiger partial charge is 0.496 e. The summed E-state index contributed by atoms with van der Waals surface area (Å²) in [6.07, 6.45) is -0.755. The third-order valence-corrected chi connectivity index (χ3v) is 5.84. The highest BCUT2D eigenvalue weighted by Gasteiger charge is 2.30. The predicted octanol–water partition coefficient (Wildman–Crippen LogP) is 1.13. The second kappa shape index (κ2) is 8.05. The van der Waals surface area contributed by atoms with Crippen molar-refractivity contribution in [3.8, 4) is 5.75 Å². The van der Waals surface area contributed by atoms with Crippen LogP contribution in [0.3, 0.4) is 0 Å². The Morgan fingerprint density at radius 1 is 1.40 bits per heavy atom. The summed E-state index contributed by atoms with van der Waals surface area (Å²) < 4.78 is 33.1. The van der Waals surface area contributed by atoms with Crippen LogP contribution in [-0.4, -0.2) is 51.1 Å². The van der Waals surface area contributed by atoms with Crippen molar-refractivity contribution >= 4 is 33.3 Å². The van der Waals surface area contributed by atoms with Gasteiger partial charge in [0.25, 0.3) is 5.91 Å². The minimum absolute atomic E-state index is 0.0562. The smallest absolute Gasteiger partial charge is 0.311 e. The molecule has 25 heavy (non-hydrogen) atoms. The first kappa shape index (κ1) is 19.5. The number of hydrogen-bond acceptors (Lipinski definition) is 6. The monoisotopic (exact) mass is 389 g/mol. The van der Waals surface area contributed by atoms with E-state index in [1.165, 1.54) is 14.0 Å². The van der Waals surface area contributed by atoms with Crippen molar-refractivity contribution in [3.63, 3.8) is 0 Å². The molecule has 1 fully saturated rings. The lowest BCUT2D eigenvalue weighted by molar-refractivity contribution is -0.154. The molecule has 1 aromatic carbocycles. The fraction of sp³-hybridized carbons (Fsp3) is 0.500. The van der Waals surface area contributed by atoms with E-state index in [0.717, 1.165) is 0 Å². The summed E-state index contributed by atoms with van der Waals surface area (Å²) in [5.74, 6) is -0.662. The van der Waals surface area contributed by atoms with E-state index in [-0.39, 0.29) is 17.9 Å². The number of hydrogen-bond donors (Lipinski definition) is 1. The van der Waals surface area contributed by atoms with E-state index in [1.807, 2.05) is 0 Å². The van der Waals surface area contributed by atoms with Gasteiger partial charge in [-0.25, -0.2) is 8.42 Å². The number of methoxy groups -OCH3 is 1. The molecule has 0 radical (unpaired) electrons. The van der Waals surface area contributed by atoms with E-state index < -0.39 is 33.9 Å². The number of halogens is 1. The minimum Gasteiger partial charge on any atom is -0.496 e. The van der Waals surface area contributed by atoms with Crippen LogP contribution in [0.15, 0.2) is 18.2 Å². The van der Waals surface area contributed by atoms with Gasteiger partial charge in [0.1, 0.15) is 5.75 Å². The maximum atomic E-state index is 12.1. The first-order chi connectivity index (χ1) is 11.7. The second-order valence-corrected chi connectivity index (χ2v) is 8.54. The summed E-state index contributed by atoms with van der Waals surface area (Å²) in [5, 5.41) is 3.05. The number of carbonyl (C=O) groups is 2. The molecule has 0 aliphatic carbocycles. The summed E-state index contributed by atoms with van der Waals surface area (Å²) in [6.45, 7) is 1.44. The molecule has 0 aromatic heterocycles. The molecule has 1 aromatic rings. The Kier molecular flexibility index (Phi) is 6.29. The maximum absolute atomic E-state index is 12.1. The lowest BCUT2D eigenvalue weighted by Gasteiger charge is -2.17. The average Bonchev–Trinajstić information content (AvgIpc) is 2.86. The topological polar surface area (TPSA) is 98.8 Å². The van der Waals surface area contributed by atoms with Crippen LogP contribution in [-0.2, 0) is 30.6 Å². The van der Waals surface area contributed by atoms with Gasteiger partial charge in [-0.1, -0.05) is 11.6 Å². The number of carbonyl (C=O) groups excluding carboxylic acids is 2. The summed E-state index contributed by atoms with van der Waals surface area (Å²) in [6, 6.07) is 4.44. The molecule has 1 heterocycles. The third kappa shape index (κ3) is 5.61. The number of ether oxygens (including phenoxy) is 2. The molecule has 9 heteroatoms. The quantitative estimate of drug-likeness (QED) is 0.732. The van der Waals surface area contributed by atoms with Gasteiger partial charge >= 0.3 is 5.97 Å². The number of amides is 1. The number of sulfone groups is 1. The van der Waals surface area contributed by atoms with Crippen molar-refractivity contribution in [1.29, 1.82) is 0 Å². The van der Waals surface area contributed by atoms with E-state index >= 15 is 0 Å². The molecule has 138 valence electrons. The highest BCUT2D eigenvalue weighted by molar-refractivity contribution is 7.91. The van der Waals surface area contributed by atoms with Crippen molar-refractivity contribution in [1.82, 2.24) is 5.32 Å². The zero-order chi connectivity index (χ0) is 18.6. The third-order valence-electron chi connectivity index (χ3n) is 3.83. The predicted molar refractivity (Wildman–Crippen MR) is 92.5 cm³/mol. The van der Waals surface area contributed by atoms with Gasteiger partial charge in [-0.3, -0.25) is 9.59 Å². The Labute approximate surface area is 151 Å². The molecular formula is C16H20ClNO6S. The first-order valence-electron chi connectivity index (χ1n) is 7.73. The number of benzene rings is 1. The van der Waals surface area contributed by atoms with E-state index in [1.54, 1.807) is 18.2 Å². The zero-order valence-electron chi connectivity index (χ0n) is 14.0. The van der Waals surface area contributed by atoms with Gasteiger partial charge in [0.15, 0.2) is 15.9 Å². The van der Waals surface area contributed by atoms with Crippen LogP contribution in [0.1, 0.15) is 18.9 Å². The lowest BCUT2D eigenvalue weighted by Crippen LogP contribution is -2.42. The van der Waals surface area contributed by atoms with Crippen molar-refractivity contribution < 1.29 is 27.5 Å². The van der Waals surface area contributed by atoms with Gasteiger partial charge < -0.3 is 14.8 Å². The van der Waals surface area contributed by atoms with Gasteiger partial charge in [0.05, 0.1) is 25.0 Å². The van der Waals surface area contributed by atoms with Crippen LogP contribution in [0.5, 0.6) is 5.75 Å². The summed E-state index contributed by atoms with van der Waals surface area (Å²) >= 11 is 5.91. The molecule has 0 saturated carbocycles. The fourth-order valence-corrected chi connectivity index (χ4v) is 4.43. The Balaban J connectivity index is 1.89. The Morgan fingerprint density at radius 3 is 2.72 bits per heavy atom. The molecule has 1 amide bonds. The normalized spacial score (nSPS) is 19.9. The SMILES string of the molecule is COc1ccc(Cl)cc1CC(=O)O[C@H](C)C(=O)N[C@@H]1CCS(=O)(=O)C1. The van der Waals surface area contributed by atoms with E-state index in [0.29, 0.717) is 22.8 Å². The van der Waals surface area contributed by atoms with E-state index in [9.17, 15) is 18.0 Å². The number of esters is 1. The maximum Gasteiger partial charge on any atom is 0.311 e. The number of rotatable bonds is 6. The van der Waals surface area contributed by atoms with Gasteiger partial charge in [0, 0.05) is 16.6 Å². The van der Waals surface area contributed by atoms with Crippen LogP contribution in [0.4, 0.5) is 0 Å². The fourth-order valence-electron chi connectivity index (χ4n) is 2.56. The average molecular weight is 390 g/mol. The van der Waals surface area contributed by atoms with Crippen LogP contribution >= 0.6 is 11.6 Å². The molecule has 7 nitrogen and oxygen atoms in total. The van der Waals surface area contributed by atoms with Gasteiger partial charge in [-0.15, -0.1) is 0 Å². The molecule has 0 spiro atoms. The highest BCUT2D eigenvalue weighted by Crippen LogP contribution is 2.23. The molecule has 2 rings (SSSR count). The Bertz CT molecular complexity index is 764. The summed E-state index contributed by atoms with van der Waals surface area (Å²) in [4.78, 5) is 24.1. The van der Waals surface area contributed by atoms with Gasteiger partial charge in [-0.2, -0.15) is 0 Å². The minimum atomic E-state index is -3.09. The Morgan fingerprint density at radius 2 is 2.12 bits per heavy atom. The van der Waals surface area contributed by atoms with Crippen molar-refractivity contribution in [2.24, 2.45) is 0 Å². The molecule has 2 atom stereocenters. The molecule has 1 saturated heterocycles. The lowest BCUT2D eigenvalue weighted by atomic mass is 10.1. The second-order valence-electron chi connectivity index (χ2n) is 5.87. The molecule has 1 N–H and O–H groups in total. The van der Waals surface area contributed by atoms with Crippen molar-refractivity contribution in [2.45, 2.75) is 31.9 Å². The first-order valence-corrected chi connectivity index (χ1v) is 9.93. The summed E-state index contributed by atoms with van der Waals surface area (Å²) in [7, 11) is -1.62. The van der Waals surface area contributed by atoms with Crippen molar-refractivity contribution in [2.75, 3.05) is 18.6 Å². The highest BCUT2D eigenvalue weighted by atomic mass is 35.5. The van der Waals surface area contributed by atoms with Crippen LogP contribution in [0.2, 0.25) is 5.02 Å². The number of nitrogens with one attached hydrogen (secondary N) is 1. The van der Waals surface area contributed by atoms with Crippen molar-refractivity contribution in [3.05, 3.63) is 28.8 Å². The van der Waals surface area contributed by atoms with Gasteiger partial charge in [-0.05, 0) is 31.5 Å². The van der Waals surface area contributed by atoms with Gasteiger partial charge in [0.2, 0.25) is 0 Å². The zero-order valence-corrected chi connectivity index (χ0v) is 15.5. The van der Waals surface area contributed by atoms with E-state index in [2.05, 4.69) is 5.32 Å². The molecule has 1 aliphatic rings. The van der Waals surface area contributed by atoms with Crippen LogP contribution in [0.25, 0.3) is 0 Å². The van der Waals surface area contributed by atoms with Crippen LogP contribution < -0.4 is 10.1 Å². The van der Waals surface area contributed by atoms with E-state index in [4.69, 9.17) is 21.1 Å². The molecule has 0 bridgehead atoms. The standard InChI is InChI=1S/C16H20ClNO6S/c1-10(16(20)18-13-5-6-25(21,22)9-13)24-15(19)8-11-7-12(17)3-4-14(11)23-2/h3-4,7,10,13H,5-6,8-9H2,1-2H3,(H,18,20)/t10-,13-/m1/s1. The molecule has 1 aliphatic heterocycles. The molecule has 0 unspecified atom stereocenters. The Hall–Kier alpha value is -1.80. The molecular weight excluding hydrogens is 370 g/mol. The van der Waals surface area contributed by atoms with Crippen LogP contribution in [0, 0.1) is 0 Å². The summed E-state index contributed by atoms with van der Waals surface area (Å²) in [5.41, 5.74) is 0.550.